The molecular formula is C23H23N3O4. The van der Waals surface area contributed by atoms with Crippen LogP contribution in [0.25, 0.3) is 10.9 Å². The molecule has 0 bridgehead atoms. The largest absolute Gasteiger partial charge is 0.493 e. The highest BCUT2D eigenvalue weighted by Crippen LogP contribution is 2.44. The highest BCUT2D eigenvalue weighted by atomic mass is 16.5. The number of para-hydroxylation sites is 1. The van der Waals surface area contributed by atoms with Crippen molar-refractivity contribution in [2.45, 2.75) is 18.5 Å². The van der Waals surface area contributed by atoms with Crippen LogP contribution in [-0.2, 0) is 16.0 Å². The van der Waals surface area contributed by atoms with Crippen molar-refractivity contribution in [3.63, 3.8) is 0 Å². The molecule has 0 unspecified atom stereocenters. The molecule has 3 heterocycles. The molecule has 1 N–H and O–H groups in total. The number of hydrogen-bond acceptors (Lipinski definition) is 4. The highest BCUT2D eigenvalue weighted by Gasteiger charge is 2.47. The number of rotatable bonds is 3. The Balaban J connectivity index is 1.75. The van der Waals surface area contributed by atoms with Crippen LogP contribution in [0.1, 0.15) is 22.9 Å². The van der Waals surface area contributed by atoms with E-state index in [2.05, 4.69) is 11.1 Å². The summed E-state index contributed by atoms with van der Waals surface area (Å²) in [5.41, 5.74) is 3.91. The van der Waals surface area contributed by atoms with Gasteiger partial charge in [0.15, 0.2) is 11.5 Å². The van der Waals surface area contributed by atoms with E-state index < -0.39 is 12.1 Å². The van der Waals surface area contributed by atoms with Crippen molar-refractivity contribution in [2.24, 2.45) is 0 Å². The Morgan fingerprint density at radius 2 is 1.80 bits per heavy atom. The van der Waals surface area contributed by atoms with Crippen molar-refractivity contribution in [1.82, 2.24) is 14.8 Å². The highest BCUT2D eigenvalue weighted by molar-refractivity contribution is 5.97. The van der Waals surface area contributed by atoms with Crippen LogP contribution in [0, 0.1) is 0 Å². The average Bonchev–Trinajstić information content (AvgIpc) is 3.14. The summed E-state index contributed by atoms with van der Waals surface area (Å²) in [4.78, 5) is 33.0. The Bertz CT molecular complexity index is 1170. The van der Waals surface area contributed by atoms with Crippen LogP contribution in [0.3, 0.4) is 0 Å². The number of carbonyl (C=O) groups excluding carboxylic acids is 2. The predicted molar refractivity (Wildman–Crippen MR) is 112 cm³/mol. The van der Waals surface area contributed by atoms with Crippen molar-refractivity contribution in [3.8, 4) is 11.5 Å². The van der Waals surface area contributed by atoms with Crippen molar-refractivity contribution in [1.29, 1.82) is 0 Å². The second-order valence-corrected chi connectivity index (χ2v) is 7.80. The number of hydrogen-bond donors (Lipinski definition) is 1. The van der Waals surface area contributed by atoms with Crippen molar-refractivity contribution >= 4 is 22.7 Å². The van der Waals surface area contributed by atoms with Gasteiger partial charge in [-0.15, -0.1) is 0 Å². The zero-order valence-corrected chi connectivity index (χ0v) is 17.1. The van der Waals surface area contributed by atoms with E-state index in [0.29, 0.717) is 17.9 Å². The molecular weight excluding hydrogens is 382 g/mol. The van der Waals surface area contributed by atoms with E-state index in [1.807, 2.05) is 36.4 Å². The van der Waals surface area contributed by atoms with E-state index in [1.165, 1.54) is 4.90 Å². The van der Waals surface area contributed by atoms with Gasteiger partial charge >= 0.3 is 0 Å². The molecule has 5 rings (SSSR count). The van der Waals surface area contributed by atoms with Gasteiger partial charge in [0.25, 0.3) is 0 Å². The number of aromatic amines is 1. The maximum Gasteiger partial charge on any atom is 0.245 e. The van der Waals surface area contributed by atoms with Crippen molar-refractivity contribution < 1.29 is 19.1 Å². The van der Waals surface area contributed by atoms with Crippen LogP contribution in [-0.4, -0.2) is 60.5 Å². The SMILES string of the molecule is COc1ccc([C@H]2c3[nH]c4ccccc4c3C[C@H]3C(=O)N(C)CC(=O)N23)cc1OC. The summed E-state index contributed by atoms with van der Waals surface area (Å²) >= 11 is 0. The summed E-state index contributed by atoms with van der Waals surface area (Å²) in [6, 6.07) is 12.8. The molecule has 154 valence electrons. The molecule has 1 aromatic heterocycles. The number of amides is 2. The lowest BCUT2D eigenvalue weighted by atomic mass is 9.86. The lowest BCUT2D eigenvalue weighted by Crippen LogP contribution is -2.62. The van der Waals surface area contributed by atoms with Crippen LogP contribution in [0.4, 0.5) is 0 Å². The van der Waals surface area contributed by atoms with Crippen molar-refractivity contribution in [2.75, 3.05) is 27.8 Å². The van der Waals surface area contributed by atoms with Gasteiger partial charge in [-0.1, -0.05) is 24.3 Å². The number of carbonyl (C=O) groups is 2. The van der Waals surface area contributed by atoms with Gasteiger partial charge in [0.1, 0.15) is 6.04 Å². The normalized spacial score (nSPS) is 20.9. The standard InChI is InChI=1S/C23H23N3O4/c1-25-12-20(27)26-17(23(25)28)11-15-14-6-4-5-7-16(14)24-21(15)22(26)13-8-9-18(29-2)19(10-13)30-3/h4-10,17,22,24H,11-12H2,1-3H3/t17-,22-/m0/s1. The van der Waals surface area contributed by atoms with Crippen LogP contribution < -0.4 is 9.47 Å². The lowest BCUT2D eigenvalue weighted by Gasteiger charge is -2.46. The number of H-pyrrole nitrogens is 1. The monoisotopic (exact) mass is 405 g/mol. The fourth-order valence-corrected chi connectivity index (χ4v) is 4.78. The number of aromatic nitrogens is 1. The zero-order valence-electron chi connectivity index (χ0n) is 17.1. The average molecular weight is 405 g/mol. The van der Waals surface area contributed by atoms with Crippen LogP contribution in [0.5, 0.6) is 11.5 Å². The molecule has 2 atom stereocenters. The minimum absolute atomic E-state index is 0.0315. The second kappa shape index (κ2) is 6.79. The molecule has 0 radical (unpaired) electrons. The van der Waals surface area contributed by atoms with Gasteiger partial charge in [0, 0.05) is 30.1 Å². The first-order valence-corrected chi connectivity index (χ1v) is 9.91. The number of piperazine rings is 1. The number of nitrogens with one attached hydrogen (secondary N) is 1. The third-order valence-electron chi connectivity index (χ3n) is 6.18. The summed E-state index contributed by atoms with van der Waals surface area (Å²) in [6.07, 6.45) is 0.498. The molecule has 30 heavy (non-hydrogen) atoms. The smallest absolute Gasteiger partial charge is 0.245 e. The Hall–Kier alpha value is -3.48. The zero-order chi connectivity index (χ0) is 21.0. The van der Waals surface area contributed by atoms with E-state index in [-0.39, 0.29) is 18.4 Å². The first-order valence-electron chi connectivity index (χ1n) is 9.91. The van der Waals surface area contributed by atoms with E-state index in [0.717, 1.165) is 27.7 Å². The molecule has 2 amide bonds. The Morgan fingerprint density at radius 1 is 1.03 bits per heavy atom. The topological polar surface area (TPSA) is 74.9 Å². The fraction of sp³-hybridized carbons (Fsp3) is 0.304. The Kier molecular flexibility index (Phi) is 4.20. The number of nitrogens with zero attached hydrogens (tertiary/aromatic N) is 2. The third-order valence-corrected chi connectivity index (χ3v) is 6.18. The molecule has 1 fully saturated rings. The van der Waals surface area contributed by atoms with E-state index >= 15 is 0 Å². The number of fused-ring (bicyclic) bond motifs is 4. The summed E-state index contributed by atoms with van der Waals surface area (Å²) in [5.74, 6) is 1.11. The quantitative estimate of drug-likeness (QED) is 0.727. The Morgan fingerprint density at radius 3 is 2.57 bits per heavy atom. The van der Waals surface area contributed by atoms with Crippen LogP contribution in [0.2, 0.25) is 0 Å². The molecule has 0 aliphatic carbocycles. The van der Waals surface area contributed by atoms with Gasteiger partial charge in [-0.05, 0) is 29.3 Å². The van der Waals surface area contributed by atoms with Crippen molar-refractivity contribution in [3.05, 3.63) is 59.3 Å². The first-order chi connectivity index (χ1) is 14.5. The molecule has 7 nitrogen and oxygen atoms in total. The number of likely N-dealkylation sites (N-methyl/N-ethyl adjacent to an activating group) is 1. The van der Waals surface area contributed by atoms with Gasteiger partial charge in [-0.25, -0.2) is 0 Å². The number of benzene rings is 2. The number of methoxy groups -OCH3 is 2. The molecule has 7 heteroatoms. The molecule has 1 saturated heterocycles. The summed E-state index contributed by atoms with van der Waals surface area (Å²) in [6.45, 7) is 0.0781. The third kappa shape index (κ3) is 2.58. The molecule has 3 aromatic rings. The predicted octanol–water partition coefficient (Wildman–Crippen LogP) is 2.50. The van der Waals surface area contributed by atoms with E-state index in [1.54, 1.807) is 26.2 Å². The minimum Gasteiger partial charge on any atom is -0.493 e. The summed E-state index contributed by atoms with van der Waals surface area (Å²) in [7, 11) is 4.87. The molecule has 0 spiro atoms. The van der Waals surface area contributed by atoms with Gasteiger partial charge < -0.3 is 24.3 Å². The van der Waals surface area contributed by atoms with Gasteiger partial charge in [0.05, 0.1) is 26.8 Å². The number of ether oxygens (including phenoxy) is 2. The molecule has 2 aliphatic rings. The first kappa shape index (κ1) is 18.5. The lowest BCUT2D eigenvalue weighted by molar-refractivity contribution is -0.157. The van der Waals surface area contributed by atoms with Crippen LogP contribution >= 0.6 is 0 Å². The van der Waals surface area contributed by atoms with E-state index in [4.69, 9.17) is 9.47 Å². The summed E-state index contributed by atoms with van der Waals surface area (Å²) in [5, 5.41) is 1.09. The maximum absolute atomic E-state index is 13.1. The van der Waals surface area contributed by atoms with E-state index in [9.17, 15) is 9.59 Å². The van der Waals surface area contributed by atoms with Crippen LogP contribution in [0.15, 0.2) is 42.5 Å². The summed E-state index contributed by atoms with van der Waals surface area (Å²) < 4.78 is 10.9. The van der Waals surface area contributed by atoms with Gasteiger partial charge in [0.2, 0.25) is 11.8 Å². The fourth-order valence-electron chi connectivity index (χ4n) is 4.78. The maximum atomic E-state index is 13.1. The molecule has 2 aliphatic heterocycles. The minimum atomic E-state index is -0.527. The second-order valence-electron chi connectivity index (χ2n) is 7.80. The molecule has 2 aromatic carbocycles. The molecule has 0 saturated carbocycles. The Labute approximate surface area is 174 Å². The van der Waals surface area contributed by atoms with Gasteiger partial charge in [-0.2, -0.15) is 0 Å². The van der Waals surface area contributed by atoms with Gasteiger partial charge in [-0.3, -0.25) is 9.59 Å².